The first-order valence-electron chi connectivity index (χ1n) is 9.68. The molecule has 2 aliphatic rings. The van der Waals surface area contributed by atoms with Crippen LogP contribution in [0.25, 0.3) is 0 Å². The van der Waals surface area contributed by atoms with E-state index >= 15 is 0 Å². The molecule has 2 saturated heterocycles. The molecule has 0 atom stereocenters. The molecule has 1 aromatic carbocycles. The highest BCUT2D eigenvalue weighted by atomic mass is 19.1. The highest BCUT2D eigenvalue weighted by molar-refractivity contribution is 5.78. The summed E-state index contributed by atoms with van der Waals surface area (Å²) in [4.78, 5) is 27.4. The smallest absolute Gasteiger partial charge is 0.260 e. The van der Waals surface area contributed by atoms with Gasteiger partial charge in [-0.05, 0) is 25.0 Å². The van der Waals surface area contributed by atoms with Gasteiger partial charge in [-0.25, -0.2) is 14.4 Å². The first-order chi connectivity index (χ1) is 13.7. The molecule has 8 heteroatoms. The van der Waals surface area contributed by atoms with Gasteiger partial charge in [-0.2, -0.15) is 0 Å². The molecule has 0 spiro atoms. The number of halogens is 1. The summed E-state index contributed by atoms with van der Waals surface area (Å²) in [6.45, 7) is 4.49. The molecule has 28 heavy (non-hydrogen) atoms. The van der Waals surface area contributed by atoms with E-state index in [4.69, 9.17) is 4.74 Å². The number of para-hydroxylation sites is 1. The van der Waals surface area contributed by atoms with Gasteiger partial charge in [-0.3, -0.25) is 4.79 Å². The third kappa shape index (κ3) is 4.16. The SMILES string of the molecule is O=C(COc1ccccc1F)N1CCN(c2cc(N3CCCC3)ncn2)CC1. The van der Waals surface area contributed by atoms with Gasteiger partial charge < -0.3 is 19.4 Å². The van der Waals surface area contributed by atoms with Gasteiger partial charge in [0.2, 0.25) is 0 Å². The highest BCUT2D eigenvalue weighted by Crippen LogP contribution is 2.22. The van der Waals surface area contributed by atoms with Crippen molar-refractivity contribution >= 4 is 17.5 Å². The van der Waals surface area contributed by atoms with E-state index in [1.807, 2.05) is 6.07 Å². The molecular weight excluding hydrogens is 361 g/mol. The monoisotopic (exact) mass is 385 g/mol. The maximum absolute atomic E-state index is 13.6. The standard InChI is InChI=1S/C20H24FN5O2/c21-16-5-1-2-6-17(16)28-14-20(27)26-11-9-25(10-12-26)19-13-18(22-15-23-19)24-7-3-4-8-24/h1-2,5-6,13,15H,3-4,7-12,14H2. The maximum Gasteiger partial charge on any atom is 0.260 e. The van der Waals surface area contributed by atoms with Crippen LogP contribution in [0.4, 0.5) is 16.0 Å². The molecule has 148 valence electrons. The van der Waals surface area contributed by atoms with Crippen molar-refractivity contribution in [2.45, 2.75) is 12.8 Å². The summed E-state index contributed by atoms with van der Waals surface area (Å²) in [5.74, 6) is 1.37. The normalized spacial score (nSPS) is 17.1. The Balaban J connectivity index is 1.30. The van der Waals surface area contributed by atoms with Gasteiger partial charge in [0.05, 0.1) is 0 Å². The van der Waals surface area contributed by atoms with E-state index in [1.165, 1.54) is 25.0 Å². The third-order valence-electron chi connectivity index (χ3n) is 5.21. The minimum Gasteiger partial charge on any atom is -0.481 e. The second kappa shape index (κ2) is 8.41. The number of hydrogen-bond donors (Lipinski definition) is 0. The van der Waals surface area contributed by atoms with Gasteiger partial charge in [-0.15, -0.1) is 0 Å². The van der Waals surface area contributed by atoms with Crippen molar-refractivity contribution in [3.8, 4) is 5.75 Å². The van der Waals surface area contributed by atoms with E-state index < -0.39 is 5.82 Å². The first kappa shape index (κ1) is 18.5. The second-order valence-corrected chi connectivity index (χ2v) is 7.02. The molecule has 1 amide bonds. The van der Waals surface area contributed by atoms with Gasteiger partial charge in [0.15, 0.2) is 18.2 Å². The zero-order valence-corrected chi connectivity index (χ0v) is 15.8. The number of hydrogen-bond acceptors (Lipinski definition) is 6. The zero-order chi connectivity index (χ0) is 19.3. The first-order valence-corrected chi connectivity index (χ1v) is 9.68. The summed E-state index contributed by atoms with van der Waals surface area (Å²) in [6.07, 6.45) is 4.02. The summed E-state index contributed by atoms with van der Waals surface area (Å²) in [5.41, 5.74) is 0. The fourth-order valence-corrected chi connectivity index (χ4v) is 3.61. The average Bonchev–Trinajstić information content (AvgIpc) is 3.28. The lowest BCUT2D eigenvalue weighted by Gasteiger charge is -2.35. The fraction of sp³-hybridized carbons (Fsp3) is 0.450. The predicted molar refractivity (Wildman–Crippen MR) is 104 cm³/mol. The van der Waals surface area contributed by atoms with Crippen molar-refractivity contribution in [3.05, 3.63) is 42.5 Å². The Bertz CT molecular complexity index is 820. The lowest BCUT2D eigenvalue weighted by molar-refractivity contribution is -0.133. The Morgan fingerprint density at radius 2 is 1.61 bits per heavy atom. The Morgan fingerprint density at radius 3 is 2.29 bits per heavy atom. The van der Waals surface area contributed by atoms with Gasteiger partial charge in [0.1, 0.15) is 18.0 Å². The summed E-state index contributed by atoms with van der Waals surface area (Å²) in [5, 5.41) is 0. The second-order valence-electron chi connectivity index (χ2n) is 7.02. The van der Waals surface area contributed by atoms with Crippen LogP contribution < -0.4 is 14.5 Å². The van der Waals surface area contributed by atoms with E-state index in [0.717, 1.165) is 24.7 Å². The Labute approximate surface area is 163 Å². The summed E-state index contributed by atoms with van der Waals surface area (Å²) >= 11 is 0. The van der Waals surface area contributed by atoms with Crippen LogP contribution in [0.5, 0.6) is 5.75 Å². The Kier molecular flexibility index (Phi) is 5.55. The zero-order valence-electron chi connectivity index (χ0n) is 15.8. The molecule has 4 rings (SSSR count). The number of nitrogens with zero attached hydrogens (tertiary/aromatic N) is 5. The van der Waals surface area contributed by atoms with Gasteiger partial charge in [0.25, 0.3) is 5.91 Å². The predicted octanol–water partition coefficient (Wildman–Crippen LogP) is 1.94. The van der Waals surface area contributed by atoms with Crippen LogP contribution in [-0.4, -0.2) is 66.7 Å². The lowest BCUT2D eigenvalue weighted by Crippen LogP contribution is -2.50. The van der Waals surface area contributed by atoms with E-state index in [1.54, 1.807) is 23.4 Å². The van der Waals surface area contributed by atoms with E-state index in [-0.39, 0.29) is 18.3 Å². The molecule has 2 aliphatic heterocycles. The summed E-state index contributed by atoms with van der Waals surface area (Å²) in [7, 11) is 0. The number of piperazine rings is 1. The molecule has 0 N–H and O–H groups in total. The number of anilines is 2. The van der Waals surface area contributed by atoms with Crippen LogP contribution in [0, 0.1) is 5.82 Å². The van der Waals surface area contributed by atoms with Crippen LogP contribution in [0.15, 0.2) is 36.7 Å². The van der Waals surface area contributed by atoms with Crippen LogP contribution in [0.2, 0.25) is 0 Å². The fourth-order valence-electron chi connectivity index (χ4n) is 3.61. The molecule has 0 unspecified atom stereocenters. The lowest BCUT2D eigenvalue weighted by atomic mass is 10.3. The van der Waals surface area contributed by atoms with Gasteiger partial charge in [0, 0.05) is 45.3 Å². The van der Waals surface area contributed by atoms with Crippen molar-refractivity contribution in [1.29, 1.82) is 0 Å². The van der Waals surface area contributed by atoms with E-state index in [2.05, 4.69) is 19.8 Å². The van der Waals surface area contributed by atoms with Crippen molar-refractivity contribution in [2.75, 3.05) is 55.7 Å². The maximum atomic E-state index is 13.6. The van der Waals surface area contributed by atoms with E-state index in [9.17, 15) is 9.18 Å². The third-order valence-corrected chi connectivity index (χ3v) is 5.21. The number of amides is 1. The molecule has 0 aliphatic carbocycles. The van der Waals surface area contributed by atoms with Crippen LogP contribution in [0.3, 0.4) is 0 Å². The number of carbonyl (C=O) groups excluding carboxylic acids is 1. The molecule has 2 aromatic rings. The van der Waals surface area contributed by atoms with Gasteiger partial charge in [-0.1, -0.05) is 12.1 Å². The number of rotatable bonds is 5. The van der Waals surface area contributed by atoms with Gasteiger partial charge >= 0.3 is 0 Å². The Hall–Kier alpha value is -2.90. The highest BCUT2D eigenvalue weighted by Gasteiger charge is 2.23. The topological polar surface area (TPSA) is 61.8 Å². The van der Waals surface area contributed by atoms with Crippen molar-refractivity contribution < 1.29 is 13.9 Å². The summed E-state index contributed by atoms with van der Waals surface area (Å²) in [6, 6.07) is 8.14. The average molecular weight is 385 g/mol. The van der Waals surface area contributed by atoms with Crippen LogP contribution in [-0.2, 0) is 4.79 Å². The van der Waals surface area contributed by atoms with Crippen molar-refractivity contribution in [2.24, 2.45) is 0 Å². The van der Waals surface area contributed by atoms with Crippen LogP contribution in [0.1, 0.15) is 12.8 Å². The molecule has 0 radical (unpaired) electrons. The number of aromatic nitrogens is 2. The molecular formula is C20H24FN5O2. The van der Waals surface area contributed by atoms with E-state index in [0.29, 0.717) is 26.2 Å². The molecule has 0 bridgehead atoms. The minimum atomic E-state index is -0.460. The number of carbonyl (C=O) groups is 1. The number of ether oxygens (including phenoxy) is 1. The Morgan fingerprint density at radius 1 is 0.964 bits per heavy atom. The molecule has 0 saturated carbocycles. The van der Waals surface area contributed by atoms with Crippen molar-refractivity contribution in [1.82, 2.24) is 14.9 Å². The molecule has 1 aromatic heterocycles. The molecule has 2 fully saturated rings. The molecule has 3 heterocycles. The largest absolute Gasteiger partial charge is 0.481 e. The quantitative estimate of drug-likeness (QED) is 0.784. The minimum absolute atomic E-state index is 0.102. The van der Waals surface area contributed by atoms with Crippen LogP contribution >= 0.6 is 0 Å². The molecule has 7 nitrogen and oxygen atoms in total. The van der Waals surface area contributed by atoms with Crippen molar-refractivity contribution in [3.63, 3.8) is 0 Å². The number of benzene rings is 1. The summed E-state index contributed by atoms with van der Waals surface area (Å²) < 4.78 is 18.9.